The van der Waals surface area contributed by atoms with Crippen molar-refractivity contribution >= 4 is 23.2 Å². The number of nitrogens with one attached hydrogen (secondary N) is 1. The standard InChI is InChI=1S/C19H24N2O3S/c1-19(2,3)18-20-14(12-25-18)11-16(22)21-15(9-10-17(23)24)13-7-5-4-6-8-13/h4-8,12,15H,9-11H2,1-3H3,(H,21,22)(H,23,24). The first-order valence-electron chi connectivity index (χ1n) is 8.26. The number of benzene rings is 1. The minimum Gasteiger partial charge on any atom is -0.481 e. The zero-order valence-electron chi connectivity index (χ0n) is 14.8. The van der Waals surface area contributed by atoms with Crippen LogP contribution in [0.4, 0.5) is 0 Å². The van der Waals surface area contributed by atoms with Crippen LogP contribution in [0, 0.1) is 0 Å². The molecule has 0 fully saturated rings. The van der Waals surface area contributed by atoms with Gasteiger partial charge < -0.3 is 10.4 Å². The summed E-state index contributed by atoms with van der Waals surface area (Å²) in [7, 11) is 0. The SMILES string of the molecule is CC(C)(C)c1nc(CC(=O)NC(CCC(=O)O)c2ccccc2)cs1. The molecule has 1 aromatic carbocycles. The van der Waals surface area contributed by atoms with Crippen LogP contribution in [0.5, 0.6) is 0 Å². The largest absolute Gasteiger partial charge is 0.481 e. The third-order valence-corrected chi connectivity index (χ3v) is 5.04. The molecule has 0 bridgehead atoms. The molecule has 0 saturated carbocycles. The number of rotatable bonds is 7. The summed E-state index contributed by atoms with van der Waals surface area (Å²) >= 11 is 1.56. The predicted molar refractivity (Wildman–Crippen MR) is 98.7 cm³/mol. The van der Waals surface area contributed by atoms with Gasteiger partial charge in [-0.2, -0.15) is 0 Å². The summed E-state index contributed by atoms with van der Waals surface area (Å²) in [6.45, 7) is 6.27. The van der Waals surface area contributed by atoms with Gasteiger partial charge in [0.25, 0.3) is 0 Å². The van der Waals surface area contributed by atoms with Crippen LogP contribution in [0.15, 0.2) is 35.7 Å². The Morgan fingerprint density at radius 3 is 2.48 bits per heavy atom. The Kier molecular flexibility index (Phi) is 6.31. The smallest absolute Gasteiger partial charge is 0.303 e. The molecule has 0 aliphatic rings. The monoisotopic (exact) mass is 360 g/mol. The van der Waals surface area contributed by atoms with Crippen LogP contribution in [0.25, 0.3) is 0 Å². The lowest BCUT2D eigenvalue weighted by Gasteiger charge is -2.18. The third kappa shape index (κ3) is 5.98. The normalized spacial score (nSPS) is 12.6. The van der Waals surface area contributed by atoms with Crippen molar-refractivity contribution in [3.05, 3.63) is 52.0 Å². The molecule has 0 saturated heterocycles. The van der Waals surface area contributed by atoms with Crippen molar-refractivity contribution in [2.75, 3.05) is 0 Å². The molecule has 2 N–H and O–H groups in total. The highest BCUT2D eigenvalue weighted by Crippen LogP contribution is 2.26. The van der Waals surface area contributed by atoms with Crippen LogP contribution < -0.4 is 5.32 Å². The number of carboxylic acids is 1. The Labute approximate surface area is 152 Å². The van der Waals surface area contributed by atoms with Crippen molar-refractivity contribution in [3.8, 4) is 0 Å². The number of nitrogens with zero attached hydrogens (tertiary/aromatic N) is 1. The van der Waals surface area contributed by atoms with Crippen LogP contribution in [0.2, 0.25) is 0 Å². The molecule has 1 unspecified atom stereocenters. The first kappa shape index (κ1) is 19.1. The molecule has 1 heterocycles. The zero-order valence-corrected chi connectivity index (χ0v) is 15.6. The second kappa shape index (κ2) is 8.25. The number of hydrogen-bond acceptors (Lipinski definition) is 4. The van der Waals surface area contributed by atoms with E-state index in [4.69, 9.17) is 5.11 Å². The molecule has 0 aliphatic heterocycles. The summed E-state index contributed by atoms with van der Waals surface area (Å²) in [5, 5.41) is 14.8. The van der Waals surface area contributed by atoms with E-state index in [0.29, 0.717) is 6.42 Å². The van der Waals surface area contributed by atoms with E-state index in [0.717, 1.165) is 16.3 Å². The van der Waals surface area contributed by atoms with Gasteiger partial charge >= 0.3 is 5.97 Å². The van der Waals surface area contributed by atoms with Gasteiger partial charge in [-0.05, 0) is 12.0 Å². The number of carbonyl (C=O) groups is 2. The number of amides is 1. The van der Waals surface area contributed by atoms with Gasteiger partial charge in [0.05, 0.1) is 23.2 Å². The van der Waals surface area contributed by atoms with Gasteiger partial charge in [-0.15, -0.1) is 11.3 Å². The highest BCUT2D eigenvalue weighted by atomic mass is 32.1. The predicted octanol–water partition coefficient (Wildman–Crippen LogP) is 3.71. The molecule has 25 heavy (non-hydrogen) atoms. The van der Waals surface area contributed by atoms with Gasteiger partial charge in [-0.3, -0.25) is 9.59 Å². The summed E-state index contributed by atoms with van der Waals surface area (Å²) in [4.78, 5) is 27.8. The average Bonchev–Trinajstić information content (AvgIpc) is 3.00. The third-order valence-electron chi connectivity index (χ3n) is 3.72. The van der Waals surface area contributed by atoms with Crippen molar-refractivity contribution in [1.82, 2.24) is 10.3 Å². The maximum atomic E-state index is 12.4. The van der Waals surface area contributed by atoms with Crippen molar-refractivity contribution in [2.45, 2.75) is 51.5 Å². The lowest BCUT2D eigenvalue weighted by Crippen LogP contribution is -2.30. The summed E-state index contributed by atoms with van der Waals surface area (Å²) in [5.41, 5.74) is 1.62. The fourth-order valence-electron chi connectivity index (χ4n) is 2.42. The fraction of sp³-hybridized carbons (Fsp3) is 0.421. The van der Waals surface area contributed by atoms with E-state index in [1.54, 1.807) is 11.3 Å². The van der Waals surface area contributed by atoms with Crippen LogP contribution in [0.3, 0.4) is 0 Å². The van der Waals surface area contributed by atoms with Crippen LogP contribution in [-0.4, -0.2) is 22.0 Å². The van der Waals surface area contributed by atoms with E-state index >= 15 is 0 Å². The van der Waals surface area contributed by atoms with E-state index in [1.165, 1.54) is 0 Å². The Balaban J connectivity index is 2.03. The zero-order chi connectivity index (χ0) is 18.4. The van der Waals surface area contributed by atoms with Crippen LogP contribution in [0.1, 0.15) is 55.9 Å². The van der Waals surface area contributed by atoms with E-state index < -0.39 is 5.97 Å². The molecule has 0 spiro atoms. The molecule has 2 rings (SSSR count). The summed E-state index contributed by atoms with van der Waals surface area (Å²) < 4.78 is 0. The van der Waals surface area contributed by atoms with E-state index in [-0.39, 0.29) is 30.2 Å². The molecule has 1 aromatic heterocycles. The van der Waals surface area contributed by atoms with Gasteiger partial charge in [0, 0.05) is 17.2 Å². The minimum absolute atomic E-state index is 0.00468. The Bertz CT molecular complexity index is 720. The number of thiazole rings is 1. The lowest BCUT2D eigenvalue weighted by molar-refractivity contribution is -0.137. The molecule has 134 valence electrons. The summed E-state index contributed by atoms with van der Waals surface area (Å²) in [6, 6.07) is 9.13. The molecule has 0 radical (unpaired) electrons. The second-order valence-electron chi connectivity index (χ2n) is 7.03. The maximum Gasteiger partial charge on any atom is 0.303 e. The molecule has 2 aromatic rings. The quantitative estimate of drug-likeness (QED) is 0.789. The van der Waals surface area contributed by atoms with E-state index in [1.807, 2.05) is 35.7 Å². The minimum atomic E-state index is -0.871. The molecule has 1 amide bonds. The highest BCUT2D eigenvalue weighted by Gasteiger charge is 2.20. The Morgan fingerprint density at radius 2 is 1.92 bits per heavy atom. The van der Waals surface area contributed by atoms with E-state index in [9.17, 15) is 9.59 Å². The van der Waals surface area contributed by atoms with Gasteiger partial charge in [-0.1, -0.05) is 51.1 Å². The second-order valence-corrected chi connectivity index (χ2v) is 7.89. The van der Waals surface area contributed by atoms with Crippen molar-refractivity contribution < 1.29 is 14.7 Å². The number of aliphatic carboxylic acids is 1. The van der Waals surface area contributed by atoms with Crippen molar-refractivity contribution in [3.63, 3.8) is 0 Å². The first-order valence-corrected chi connectivity index (χ1v) is 9.14. The van der Waals surface area contributed by atoms with Gasteiger partial charge in [0.2, 0.25) is 5.91 Å². The summed E-state index contributed by atoms with van der Waals surface area (Å²) in [6.07, 6.45) is 0.559. The molecular weight excluding hydrogens is 336 g/mol. The van der Waals surface area contributed by atoms with Crippen LogP contribution >= 0.6 is 11.3 Å². The Morgan fingerprint density at radius 1 is 1.24 bits per heavy atom. The molecular formula is C19H24N2O3S. The highest BCUT2D eigenvalue weighted by molar-refractivity contribution is 7.09. The maximum absolute atomic E-state index is 12.4. The molecule has 5 nitrogen and oxygen atoms in total. The fourth-order valence-corrected chi connectivity index (χ4v) is 3.33. The van der Waals surface area contributed by atoms with Gasteiger partial charge in [-0.25, -0.2) is 4.98 Å². The number of aromatic nitrogens is 1. The van der Waals surface area contributed by atoms with Gasteiger partial charge in [0.15, 0.2) is 0 Å². The topological polar surface area (TPSA) is 79.3 Å². The van der Waals surface area contributed by atoms with Gasteiger partial charge in [0.1, 0.15) is 0 Å². The van der Waals surface area contributed by atoms with Crippen LogP contribution in [-0.2, 0) is 21.4 Å². The first-order chi connectivity index (χ1) is 11.8. The number of carboxylic acid groups (broad SMARTS) is 1. The Hall–Kier alpha value is -2.21. The molecule has 0 aliphatic carbocycles. The molecule has 6 heteroatoms. The number of carbonyl (C=O) groups excluding carboxylic acids is 1. The molecule has 1 atom stereocenters. The van der Waals surface area contributed by atoms with Crippen molar-refractivity contribution in [1.29, 1.82) is 0 Å². The van der Waals surface area contributed by atoms with E-state index in [2.05, 4.69) is 31.1 Å². The van der Waals surface area contributed by atoms with Crippen molar-refractivity contribution in [2.24, 2.45) is 0 Å². The average molecular weight is 360 g/mol. The number of hydrogen-bond donors (Lipinski definition) is 2. The lowest BCUT2D eigenvalue weighted by atomic mass is 9.98. The summed E-state index contributed by atoms with van der Waals surface area (Å²) in [5.74, 6) is -1.02.